The third-order valence-electron chi connectivity index (χ3n) is 9.98. The lowest BCUT2D eigenvalue weighted by molar-refractivity contribution is 0.0187. The normalized spacial score (nSPS) is 17.7. The predicted octanol–water partition coefficient (Wildman–Crippen LogP) is 6.44. The number of carbonyl (C=O) groups is 2. The topological polar surface area (TPSA) is 175 Å². The number of hydrogen-bond acceptors (Lipinski definition) is 10. The van der Waals surface area contributed by atoms with Crippen LogP contribution in [0.4, 0.5) is 9.59 Å². The van der Waals surface area contributed by atoms with Crippen molar-refractivity contribution in [2.45, 2.75) is 90.3 Å². The second kappa shape index (κ2) is 15.9. The Kier molecular flexibility index (Phi) is 11.1. The molecular weight excluding hydrogens is 764 g/mol. The van der Waals surface area contributed by atoms with Gasteiger partial charge in [0.15, 0.2) is 11.3 Å². The monoisotopic (exact) mass is 814 g/mol. The summed E-state index contributed by atoms with van der Waals surface area (Å²) in [5.74, 6) is 0.0843. The minimum atomic E-state index is -0.538. The minimum Gasteiger partial charge on any atom is -0.444 e. The number of amides is 2. The summed E-state index contributed by atoms with van der Waals surface area (Å²) >= 11 is 6.51. The van der Waals surface area contributed by atoms with E-state index in [-0.39, 0.29) is 29.6 Å². The maximum absolute atomic E-state index is 12.7. The van der Waals surface area contributed by atoms with Crippen molar-refractivity contribution >= 4 is 35.1 Å². The molecule has 2 saturated heterocycles. The lowest BCUT2D eigenvalue weighted by Gasteiger charge is -2.34. The molecule has 0 radical (unpaired) electrons. The van der Waals surface area contributed by atoms with Gasteiger partial charge >= 0.3 is 12.2 Å². The highest BCUT2D eigenvalue weighted by Gasteiger charge is 2.31. The fourth-order valence-electron chi connectivity index (χ4n) is 7.32. The van der Waals surface area contributed by atoms with Gasteiger partial charge in [0, 0.05) is 99.0 Å². The van der Waals surface area contributed by atoms with Crippen LogP contribution in [0.3, 0.4) is 0 Å². The number of nitrogens with zero attached hydrogens (tertiary/aromatic N) is 11. The Morgan fingerprint density at radius 1 is 0.741 bits per heavy atom. The van der Waals surface area contributed by atoms with E-state index in [2.05, 4.69) is 20.4 Å². The molecule has 2 amide bonds. The molecule has 1 N–H and O–H groups in total. The van der Waals surface area contributed by atoms with Crippen LogP contribution in [0.2, 0.25) is 5.15 Å². The van der Waals surface area contributed by atoms with Gasteiger partial charge in [0.25, 0.3) is 5.56 Å². The number of nitrogens with one attached hydrogen (secondary N) is 1. The molecule has 2 aliphatic heterocycles. The van der Waals surface area contributed by atoms with Crippen molar-refractivity contribution in [1.82, 2.24) is 58.6 Å². The maximum atomic E-state index is 12.7. The Labute approximate surface area is 340 Å². The summed E-state index contributed by atoms with van der Waals surface area (Å²) in [6.07, 6.45) is 13.8. The Morgan fingerprint density at radius 3 is 1.78 bits per heavy atom. The number of aryl methyl sites for hydroxylation is 2. The SMILES string of the molecule is Cn1cc(-c2c[nH]n3c(=O)cc(C4CCCN(C(=O)OC(C)(C)C)C4)nc23)cn1.Cn1cc(-c2cnn3c(Cl)cc(C4CCCN(C(=O)OC(C)(C)C)C4)nc23)cn1. The second-order valence-corrected chi connectivity index (χ2v) is 17.4. The van der Waals surface area contributed by atoms with Crippen LogP contribution in [0.1, 0.15) is 90.4 Å². The number of ether oxygens (including phenoxy) is 2. The van der Waals surface area contributed by atoms with Crippen LogP contribution < -0.4 is 5.56 Å². The number of rotatable bonds is 4. The van der Waals surface area contributed by atoms with Crippen molar-refractivity contribution in [2.24, 2.45) is 14.1 Å². The van der Waals surface area contributed by atoms with Gasteiger partial charge < -0.3 is 19.3 Å². The first kappa shape index (κ1) is 40.5. The second-order valence-electron chi connectivity index (χ2n) is 17.0. The molecule has 308 valence electrons. The molecule has 18 heteroatoms. The number of aromatic amines is 1. The van der Waals surface area contributed by atoms with Crippen molar-refractivity contribution in [3.63, 3.8) is 0 Å². The Morgan fingerprint density at radius 2 is 1.26 bits per heavy atom. The van der Waals surface area contributed by atoms with Crippen molar-refractivity contribution < 1.29 is 19.1 Å². The van der Waals surface area contributed by atoms with E-state index < -0.39 is 11.2 Å². The van der Waals surface area contributed by atoms with E-state index in [1.807, 2.05) is 74.1 Å². The molecule has 2 atom stereocenters. The maximum Gasteiger partial charge on any atom is 0.410 e. The lowest BCUT2D eigenvalue weighted by atomic mass is 9.94. The first-order valence-corrected chi connectivity index (χ1v) is 19.9. The minimum absolute atomic E-state index is 0.00869. The van der Waals surface area contributed by atoms with Crippen molar-refractivity contribution in [3.05, 3.63) is 76.2 Å². The van der Waals surface area contributed by atoms with E-state index in [0.29, 0.717) is 48.3 Å². The third-order valence-corrected chi connectivity index (χ3v) is 10.2. The van der Waals surface area contributed by atoms with Gasteiger partial charge in [0.05, 0.1) is 30.0 Å². The van der Waals surface area contributed by atoms with Gasteiger partial charge in [-0.15, -0.1) is 0 Å². The summed E-state index contributed by atoms with van der Waals surface area (Å²) < 4.78 is 17.6. The van der Waals surface area contributed by atoms with E-state index in [1.165, 1.54) is 4.52 Å². The van der Waals surface area contributed by atoms with Gasteiger partial charge in [-0.3, -0.25) is 19.3 Å². The molecule has 8 heterocycles. The van der Waals surface area contributed by atoms with Crippen LogP contribution >= 0.6 is 11.6 Å². The molecule has 0 spiro atoms. The number of halogens is 1. The summed E-state index contributed by atoms with van der Waals surface area (Å²) in [6.45, 7) is 13.6. The van der Waals surface area contributed by atoms with Gasteiger partial charge in [-0.2, -0.15) is 15.3 Å². The van der Waals surface area contributed by atoms with E-state index in [9.17, 15) is 14.4 Å². The quantitative estimate of drug-likeness (QED) is 0.195. The fourth-order valence-corrected chi connectivity index (χ4v) is 7.55. The van der Waals surface area contributed by atoms with Gasteiger partial charge in [-0.1, -0.05) is 11.6 Å². The number of piperidine rings is 2. The highest BCUT2D eigenvalue weighted by atomic mass is 35.5. The van der Waals surface area contributed by atoms with Crippen molar-refractivity contribution in [3.8, 4) is 22.3 Å². The molecule has 17 nitrogen and oxygen atoms in total. The Balaban J connectivity index is 0.000000177. The predicted molar refractivity (Wildman–Crippen MR) is 218 cm³/mol. The van der Waals surface area contributed by atoms with Crippen LogP contribution in [0.5, 0.6) is 0 Å². The summed E-state index contributed by atoms with van der Waals surface area (Å²) in [6, 6.07) is 3.40. The smallest absolute Gasteiger partial charge is 0.410 e. The summed E-state index contributed by atoms with van der Waals surface area (Å²) in [5, 5.41) is 16.3. The van der Waals surface area contributed by atoms with Gasteiger partial charge in [0.2, 0.25) is 0 Å². The molecule has 6 aromatic rings. The Hall–Kier alpha value is -5.71. The van der Waals surface area contributed by atoms with E-state index in [0.717, 1.165) is 53.6 Å². The number of aromatic nitrogens is 10. The zero-order chi connectivity index (χ0) is 41.5. The van der Waals surface area contributed by atoms with Crippen LogP contribution in [0.15, 0.2) is 54.1 Å². The van der Waals surface area contributed by atoms with E-state index in [4.69, 9.17) is 31.0 Å². The molecule has 0 bridgehead atoms. The average molecular weight is 815 g/mol. The van der Waals surface area contributed by atoms with Crippen molar-refractivity contribution in [1.29, 1.82) is 0 Å². The third kappa shape index (κ3) is 9.03. The number of fused-ring (bicyclic) bond motifs is 2. The first-order valence-electron chi connectivity index (χ1n) is 19.5. The fraction of sp³-hybridized carbons (Fsp3) is 0.500. The summed E-state index contributed by atoms with van der Waals surface area (Å²) in [5.41, 5.74) is 5.11. The van der Waals surface area contributed by atoms with E-state index >= 15 is 0 Å². The molecule has 0 saturated carbocycles. The largest absolute Gasteiger partial charge is 0.444 e. The highest BCUT2D eigenvalue weighted by molar-refractivity contribution is 6.29. The van der Waals surface area contributed by atoms with E-state index in [1.54, 1.807) is 54.5 Å². The first-order chi connectivity index (χ1) is 27.4. The van der Waals surface area contributed by atoms with Crippen LogP contribution in [0.25, 0.3) is 33.5 Å². The molecule has 6 aromatic heterocycles. The molecule has 58 heavy (non-hydrogen) atoms. The lowest BCUT2D eigenvalue weighted by Crippen LogP contribution is -2.42. The average Bonchev–Trinajstić information content (AvgIpc) is 3.97. The molecular formula is C40H51ClN12O5. The number of hydrogen-bond donors (Lipinski definition) is 1. The van der Waals surface area contributed by atoms with Crippen molar-refractivity contribution in [2.75, 3.05) is 26.2 Å². The standard InChI is InChI=1S/C20H25ClN6O2.C20H26N6O3/c1-20(2,3)29-19(28)26-7-5-6-13(12-26)16-8-17(21)27-18(24-16)15(10-23-27)14-9-22-25(4)11-14;1-20(2,3)29-19(28)25-7-5-6-13(12-25)16-8-17(27)26-18(23-16)15(10-22-26)14-9-21-24(4)11-14/h8-11,13H,5-7,12H2,1-4H3;8-11,13,22H,5-7,12H2,1-4H3. The van der Waals surface area contributed by atoms with Gasteiger partial charge in [0.1, 0.15) is 16.4 Å². The Bertz CT molecular complexity index is 2500. The van der Waals surface area contributed by atoms with Crippen LogP contribution in [-0.2, 0) is 23.6 Å². The zero-order valence-electron chi connectivity index (χ0n) is 34.3. The number of carbonyl (C=O) groups excluding carboxylic acids is 2. The zero-order valence-corrected chi connectivity index (χ0v) is 35.0. The number of likely N-dealkylation sites (tertiary alicyclic amines) is 2. The highest BCUT2D eigenvalue weighted by Crippen LogP contribution is 2.32. The van der Waals surface area contributed by atoms with Crippen LogP contribution in [0, 0.1) is 0 Å². The van der Waals surface area contributed by atoms with Gasteiger partial charge in [-0.25, -0.2) is 28.6 Å². The molecule has 2 unspecified atom stereocenters. The molecule has 8 rings (SSSR count). The molecule has 2 aliphatic rings. The molecule has 2 fully saturated rings. The summed E-state index contributed by atoms with van der Waals surface area (Å²) in [4.78, 5) is 50.8. The summed E-state index contributed by atoms with van der Waals surface area (Å²) in [7, 11) is 3.71. The van der Waals surface area contributed by atoms with Crippen LogP contribution in [-0.4, -0.2) is 108 Å². The van der Waals surface area contributed by atoms with Gasteiger partial charge in [-0.05, 0) is 73.3 Å². The molecule has 0 aromatic carbocycles. The molecule has 0 aliphatic carbocycles. The number of H-pyrrole nitrogens is 1.